The normalized spacial score (nSPS) is 10.3. The number of methoxy groups -OCH3 is 1. The summed E-state index contributed by atoms with van der Waals surface area (Å²) < 4.78 is 11.4. The van der Waals surface area contributed by atoms with Gasteiger partial charge < -0.3 is 14.8 Å². The van der Waals surface area contributed by atoms with Crippen LogP contribution in [-0.2, 0) is 13.0 Å². The van der Waals surface area contributed by atoms with Crippen LogP contribution in [0.4, 0.5) is 5.82 Å². The number of rotatable bonds is 8. The van der Waals surface area contributed by atoms with Gasteiger partial charge in [-0.25, -0.2) is 4.98 Å². The van der Waals surface area contributed by atoms with Crippen LogP contribution in [0.1, 0.15) is 11.1 Å². The van der Waals surface area contributed by atoms with Gasteiger partial charge in [0.05, 0.1) is 13.7 Å². The van der Waals surface area contributed by atoms with E-state index in [0.717, 1.165) is 29.3 Å². The molecule has 1 aromatic heterocycles. The highest BCUT2D eigenvalue weighted by molar-refractivity contribution is 5.44. The van der Waals surface area contributed by atoms with Crippen LogP contribution >= 0.6 is 0 Å². The summed E-state index contributed by atoms with van der Waals surface area (Å²) in [5.74, 6) is 2.36. The van der Waals surface area contributed by atoms with Crippen molar-refractivity contribution in [1.29, 1.82) is 0 Å². The highest BCUT2D eigenvalue weighted by Gasteiger charge is 2.06. The van der Waals surface area contributed by atoms with Crippen molar-refractivity contribution in [2.75, 3.05) is 19.0 Å². The summed E-state index contributed by atoms with van der Waals surface area (Å²) in [6, 6.07) is 22.1. The number of pyridine rings is 1. The lowest BCUT2D eigenvalue weighted by atomic mass is 10.1. The Kier molecular flexibility index (Phi) is 5.88. The van der Waals surface area contributed by atoms with E-state index < -0.39 is 0 Å². The lowest BCUT2D eigenvalue weighted by Gasteiger charge is -2.13. The van der Waals surface area contributed by atoms with E-state index in [-0.39, 0.29) is 0 Å². The van der Waals surface area contributed by atoms with Crippen molar-refractivity contribution in [2.24, 2.45) is 0 Å². The van der Waals surface area contributed by atoms with Crippen molar-refractivity contribution in [2.45, 2.75) is 13.0 Å². The standard InChI is InChI=1S/C21H22N2O2/c1-24-20-15-18(16-23-21-9-5-6-13-22-21)10-11-19(20)25-14-12-17-7-3-2-4-8-17/h2-11,13,15H,12,14,16H2,1H3,(H,22,23). The molecule has 0 saturated carbocycles. The minimum absolute atomic E-state index is 0.617. The maximum Gasteiger partial charge on any atom is 0.161 e. The van der Waals surface area contributed by atoms with Crippen LogP contribution in [0, 0.1) is 0 Å². The van der Waals surface area contributed by atoms with Crippen LogP contribution in [0.25, 0.3) is 0 Å². The minimum Gasteiger partial charge on any atom is -0.493 e. The van der Waals surface area contributed by atoms with Crippen molar-refractivity contribution in [3.8, 4) is 11.5 Å². The average molecular weight is 334 g/mol. The summed E-state index contributed by atoms with van der Waals surface area (Å²) >= 11 is 0. The molecule has 2 aromatic carbocycles. The second kappa shape index (κ2) is 8.73. The second-order valence-corrected chi connectivity index (χ2v) is 5.64. The van der Waals surface area contributed by atoms with Gasteiger partial charge >= 0.3 is 0 Å². The third kappa shape index (κ3) is 4.98. The summed E-state index contributed by atoms with van der Waals surface area (Å²) in [5, 5.41) is 3.29. The van der Waals surface area contributed by atoms with Gasteiger partial charge in [-0.3, -0.25) is 0 Å². The Hall–Kier alpha value is -3.01. The van der Waals surface area contributed by atoms with Crippen LogP contribution < -0.4 is 14.8 Å². The molecule has 0 saturated heterocycles. The first kappa shape index (κ1) is 16.8. The lowest BCUT2D eigenvalue weighted by molar-refractivity contribution is 0.297. The Morgan fingerprint density at radius 1 is 0.880 bits per heavy atom. The highest BCUT2D eigenvalue weighted by Crippen LogP contribution is 2.28. The monoisotopic (exact) mass is 334 g/mol. The Morgan fingerprint density at radius 2 is 1.72 bits per heavy atom. The highest BCUT2D eigenvalue weighted by atomic mass is 16.5. The summed E-state index contributed by atoms with van der Waals surface area (Å²) in [5.41, 5.74) is 2.37. The molecule has 1 heterocycles. The van der Waals surface area contributed by atoms with Gasteiger partial charge in [0, 0.05) is 19.2 Å². The van der Waals surface area contributed by atoms with E-state index in [1.807, 2.05) is 54.6 Å². The zero-order valence-electron chi connectivity index (χ0n) is 14.3. The molecular weight excluding hydrogens is 312 g/mol. The fraction of sp³-hybridized carbons (Fsp3) is 0.190. The Labute approximate surface area is 148 Å². The molecule has 0 aliphatic rings. The van der Waals surface area contributed by atoms with Gasteiger partial charge in [0.25, 0.3) is 0 Å². The van der Waals surface area contributed by atoms with E-state index in [9.17, 15) is 0 Å². The van der Waals surface area contributed by atoms with Gasteiger partial charge in [-0.15, -0.1) is 0 Å². The zero-order chi connectivity index (χ0) is 17.3. The second-order valence-electron chi connectivity index (χ2n) is 5.64. The summed E-state index contributed by atoms with van der Waals surface area (Å²) in [4.78, 5) is 4.26. The number of anilines is 1. The molecule has 0 aliphatic heterocycles. The fourth-order valence-corrected chi connectivity index (χ4v) is 2.52. The third-order valence-corrected chi connectivity index (χ3v) is 3.86. The molecule has 0 spiro atoms. The first-order valence-corrected chi connectivity index (χ1v) is 8.34. The molecule has 0 atom stereocenters. The summed E-state index contributed by atoms with van der Waals surface area (Å²) in [6.07, 6.45) is 2.64. The first-order chi connectivity index (χ1) is 12.3. The van der Waals surface area contributed by atoms with Crippen molar-refractivity contribution in [1.82, 2.24) is 4.98 Å². The van der Waals surface area contributed by atoms with E-state index in [1.54, 1.807) is 13.3 Å². The van der Waals surface area contributed by atoms with E-state index in [4.69, 9.17) is 9.47 Å². The predicted molar refractivity (Wildman–Crippen MR) is 100 cm³/mol. The molecule has 0 unspecified atom stereocenters. The van der Waals surface area contributed by atoms with E-state index in [2.05, 4.69) is 22.4 Å². The summed E-state index contributed by atoms with van der Waals surface area (Å²) in [6.45, 7) is 1.30. The zero-order valence-corrected chi connectivity index (χ0v) is 14.3. The smallest absolute Gasteiger partial charge is 0.161 e. The largest absolute Gasteiger partial charge is 0.493 e. The molecule has 0 fully saturated rings. The van der Waals surface area contributed by atoms with Gasteiger partial charge in [0.2, 0.25) is 0 Å². The van der Waals surface area contributed by atoms with Crippen molar-refractivity contribution < 1.29 is 9.47 Å². The number of nitrogens with one attached hydrogen (secondary N) is 1. The molecule has 0 radical (unpaired) electrons. The van der Waals surface area contributed by atoms with Crippen LogP contribution in [0.3, 0.4) is 0 Å². The number of hydrogen-bond acceptors (Lipinski definition) is 4. The van der Waals surface area contributed by atoms with E-state index in [1.165, 1.54) is 5.56 Å². The fourth-order valence-electron chi connectivity index (χ4n) is 2.52. The molecule has 3 aromatic rings. The van der Waals surface area contributed by atoms with Gasteiger partial charge in [-0.05, 0) is 35.4 Å². The molecule has 4 heteroatoms. The lowest BCUT2D eigenvalue weighted by Crippen LogP contribution is -2.04. The number of hydrogen-bond donors (Lipinski definition) is 1. The van der Waals surface area contributed by atoms with Crippen molar-refractivity contribution in [3.05, 3.63) is 84.1 Å². The molecule has 0 bridgehead atoms. The van der Waals surface area contributed by atoms with Crippen LogP contribution in [-0.4, -0.2) is 18.7 Å². The minimum atomic E-state index is 0.617. The number of ether oxygens (including phenoxy) is 2. The van der Waals surface area contributed by atoms with Crippen molar-refractivity contribution >= 4 is 5.82 Å². The third-order valence-electron chi connectivity index (χ3n) is 3.86. The van der Waals surface area contributed by atoms with Gasteiger partial charge in [-0.1, -0.05) is 42.5 Å². The molecule has 25 heavy (non-hydrogen) atoms. The molecule has 0 amide bonds. The van der Waals surface area contributed by atoms with Crippen LogP contribution in [0.15, 0.2) is 72.9 Å². The van der Waals surface area contributed by atoms with Gasteiger partial charge in [-0.2, -0.15) is 0 Å². The SMILES string of the molecule is COc1cc(CNc2ccccn2)ccc1OCCc1ccccc1. The Morgan fingerprint density at radius 3 is 2.48 bits per heavy atom. The molecule has 1 N–H and O–H groups in total. The topological polar surface area (TPSA) is 43.4 Å². The molecule has 128 valence electrons. The van der Waals surface area contributed by atoms with Crippen LogP contribution in [0.5, 0.6) is 11.5 Å². The number of benzene rings is 2. The Bertz CT molecular complexity index is 776. The van der Waals surface area contributed by atoms with Crippen LogP contribution in [0.2, 0.25) is 0 Å². The number of nitrogens with zero attached hydrogens (tertiary/aromatic N) is 1. The quantitative estimate of drug-likeness (QED) is 0.666. The van der Waals surface area contributed by atoms with Gasteiger partial charge in [0.1, 0.15) is 5.82 Å². The molecule has 0 aliphatic carbocycles. The average Bonchev–Trinajstić information content (AvgIpc) is 2.68. The van der Waals surface area contributed by atoms with Crippen molar-refractivity contribution in [3.63, 3.8) is 0 Å². The first-order valence-electron chi connectivity index (χ1n) is 8.34. The number of aromatic nitrogens is 1. The Balaban J connectivity index is 1.57. The predicted octanol–water partition coefficient (Wildman–Crippen LogP) is 4.32. The molecular formula is C21H22N2O2. The van der Waals surface area contributed by atoms with Gasteiger partial charge in [0.15, 0.2) is 11.5 Å². The summed E-state index contributed by atoms with van der Waals surface area (Å²) in [7, 11) is 1.66. The van der Waals surface area contributed by atoms with E-state index >= 15 is 0 Å². The van der Waals surface area contributed by atoms with E-state index in [0.29, 0.717) is 13.2 Å². The molecule has 3 rings (SSSR count). The molecule has 4 nitrogen and oxygen atoms in total. The maximum absolute atomic E-state index is 5.89. The maximum atomic E-state index is 5.89.